The van der Waals surface area contributed by atoms with Crippen molar-refractivity contribution in [2.45, 2.75) is 136 Å². The number of esters is 1. The van der Waals surface area contributed by atoms with E-state index in [1.807, 2.05) is 42.0 Å². The largest absolute Gasteiger partial charge is 0.464 e. The molecule has 3 aromatic rings. The van der Waals surface area contributed by atoms with E-state index in [4.69, 9.17) is 19.4 Å². The Bertz CT molecular complexity index is 2690. The number of thiazole rings is 1. The van der Waals surface area contributed by atoms with Gasteiger partial charge in [0, 0.05) is 99.6 Å². The molecule has 0 saturated carbocycles. The summed E-state index contributed by atoms with van der Waals surface area (Å²) in [6.45, 7) is 16.9. The van der Waals surface area contributed by atoms with Gasteiger partial charge in [-0.3, -0.25) is 34.1 Å². The Balaban J connectivity index is 0.947. The number of carbonyl (C=O) groups is 5. The highest BCUT2D eigenvalue weighted by molar-refractivity contribution is 7.10. The minimum absolute atomic E-state index is 0.0411. The molecule has 1 aromatic carbocycles. The molecule has 18 heteroatoms. The van der Waals surface area contributed by atoms with Crippen molar-refractivity contribution in [1.82, 2.24) is 45.3 Å². The number of carbonyl (C=O) groups excluding carboxylic acids is 5. The zero-order valence-corrected chi connectivity index (χ0v) is 46.4. The first-order valence-corrected chi connectivity index (χ1v) is 28.2. The third-order valence-corrected chi connectivity index (χ3v) is 17.8. The van der Waals surface area contributed by atoms with Crippen molar-refractivity contribution >= 4 is 52.5 Å². The molecule has 4 fully saturated rings. The lowest BCUT2D eigenvalue weighted by Gasteiger charge is -2.42. The number of cyclic esters (lactones) is 1. The van der Waals surface area contributed by atoms with Gasteiger partial charge in [0.15, 0.2) is 5.71 Å². The average Bonchev–Trinajstić information content (AvgIpc) is 4.22. The number of amides is 5. The Morgan fingerprint density at radius 3 is 2.49 bits per heavy atom. The van der Waals surface area contributed by atoms with Crippen molar-refractivity contribution in [3.8, 4) is 11.3 Å². The molecule has 1 spiro atoms. The molecule has 0 aliphatic carbocycles. The van der Waals surface area contributed by atoms with Gasteiger partial charge in [0.1, 0.15) is 24.7 Å². The fourth-order valence-corrected chi connectivity index (χ4v) is 13.4. The first-order chi connectivity index (χ1) is 35.9. The number of ether oxygens (including phenoxy) is 2. The summed E-state index contributed by atoms with van der Waals surface area (Å²) in [6.07, 6.45) is 11.8. The molecule has 4 saturated heterocycles. The summed E-state index contributed by atoms with van der Waals surface area (Å²) in [6, 6.07) is 7.90. The molecule has 8 heterocycles. The van der Waals surface area contributed by atoms with Crippen LogP contribution < -0.4 is 10.7 Å². The fourth-order valence-electron chi connectivity index (χ4n) is 12.6. The van der Waals surface area contributed by atoms with Crippen molar-refractivity contribution < 1.29 is 38.0 Å². The van der Waals surface area contributed by atoms with Crippen LogP contribution in [0.4, 0.5) is 10.5 Å². The summed E-state index contributed by atoms with van der Waals surface area (Å²) < 4.78 is 14.4. The number of methoxy groups -OCH3 is 1. The fraction of sp³-hybridized carbons (Fsp3) is 0.614. The highest BCUT2D eigenvalue weighted by Gasteiger charge is 2.47. The zero-order chi connectivity index (χ0) is 53.3. The summed E-state index contributed by atoms with van der Waals surface area (Å²) in [7, 11) is 5.47. The maximum Gasteiger partial charge on any atom is 0.324 e. The Morgan fingerprint density at radius 2 is 1.79 bits per heavy atom. The van der Waals surface area contributed by atoms with Gasteiger partial charge in [0.25, 0.3) is 5.91 Å². The number of hydrazine groups is 1. The molecule has 6 bridgehead atoms. The quantitative estimate of drug-likeness (QED) is 0.126. The van der Waals surface area contributed by atoms with Gasteiger partial charge in [-0.25, -0.2) is 15.2 Å². The molecule has 5 amide bonds. The summed E-state index contributed by atoms with van der Waals surface area (Å²) >= 11 is 1.43. The molecule has 2 N–H and O–H groups in total. The van der Waals surface area contributed by atoms with Crippen LogP contribution in [0.3, 0.4) is 0 Å². The van der Waals surface area contributed by atoms with E-state index in [1.165, 1.54) is 21.2 Å². The molecule has 17 nitrogen and oxygen atoms in total. The number of hydrogen-bond acceptors (Lipinski definition) is 12. The van der Waals surface area contributed by atoms with Gasteiger partial charge < -0.3 is 29.5 Å². The van der Waals surface area contributed by atoms with Crippen LogP contribution in [0.5, 0.6) is 0 Å². The smallest absolute Gasteiger partial charge is 0.324 e. The molecule has 75 heavy (non-hydrogen) atoms. The third-order valence-electron chi connectivity index (χ3n) is 16.9. The van der Waals surface area contributed by atoms with Crippen LogP contribution in [-0.2, 0) is 35.1 Å². The predicted molar refractivity (Wildman–Crippen MR) is 288 cm³/mol. The maximum atomic E-state index is 14.8. The van der Waals surface area contributed by atoms with Gasteiger partial charge in [-0.1, -0.05) is 33.8 Å². The second-order valence-corrected chi connectivity index (χ2v) is 24.0. The van der Waals surface area contributed by atoms with Gasteiger partial charge in [-0.15, -0.1) is 11.3 Å². The second-order valence-electron chi connectivity index (χ2n) is 23.1. The van der Waals surface area contributed by atoms with Crippen LogP contribution >= 0.6 is 11.3 Å². The number of benzene rings is 1. The number of fused-ring (bicyclic) bond motifs is 6. The third kappa shape index (κ3) is 11.4. The maximum absolute atomic E-state index is 14.8. The second kappa shape index (κ2) is 22.6. The molecule has 6 atom stereocenters. The first kappa shape index (κ1) is 54.2. The van der Waals surface area contributed by atoms with E-state index in [-0.39, 0.29) is 48.3 Å². The minimum Gasteiger partial charge on any atom is -0.464 e. The lowest BCUT2D eigenvalue weighted by molar-refractivity contribution is -0.433. The Kier molecular flexibility index (Phi) is 16.3. The molecule has 9 rings (SSSR count). The van der Waals surface area contributed by atoms with Gasteiger partial charge in [-0.2, -0.15) is 4.58 Å². The highest BCUT2D eigenvalue weighted by Crippen LogP contribution is 2.46. The number of piperidine rings is 1. The lowest BCUT2D eigenvalue weighted by Crippen LogP contribution is -2.62. The molecule has 6 aliphatic heterocycles. The van der Waals surface area contributed by atoms with E-state index < -0.39 is 41.3 Å². The van der Waals surface area contributed by atoms with Gasteiger partial charge in [0.2, 0.25) is 17.5 Å². The number of hydrogen-bond donors (Lipinski definition) is 2. The van der Waals surface area contributed by atoms with Crippen LogP contribution in [0.1, 0.15) is 127 Å². The number of pyridine rings is 1. The lowest BCUT2D eigenvalue weighted by atomic mass is 9.77. The molecule has 6 aliphatic rings. The molecular weight excluding hydrogens is 969 g/mol. The van der Waals surface area contributed by atoms with E-state index in [1.54, 1.807) is 26.4 Å². The van der Waals surface area contributed by atoms with Crippen LogP contribution in [-0.4, -0.2) is 172 Å². The van der Waals surface area contributed by atoms with E-state index in [2.05, 4.69) is 78.4 Å². The zero-order valence-electron chi connectivity index (χ0n) is 45.6. The number of likely N-dealkylation sites (tertiary alicyclic amines) is 3. The first-order valence-electron chi connectivity index (χ1n) is 27.3. The Morgan fingerprint density at radius 1 is 1.04 bits per heavy atom. The van der Waals surface area contributed by atoms with Crippen molar-refractivity contribution in [3.05, 3.63) is 75.9 Å². The van der Waals surface area contributed by atoms with Gasteiger partial charge in [-0.05, 0) is 114 Å². The van der Waals surface area contributed by atoms with E-state index in [0.717, 1.165) is 84.7 Å². The molecule has 404 valence electrons. The summed E-state index contributed by atoms with van der Waals surface area (Å²) in [5.41, 5.74) is 9.59. The predicted octanol–water partition coefficient (Wildman–Crippen LogP) is 6.70. The topological polar surface area (TPSA) is 173 Å². The monoisotopic (exact) mass is 1050 g/mol. The summed E-state index contributed by atoms with van der Waals surface area (Å²) in [4.78, 5) is 88.7. The molecular formula is C57H79N10O7S+. The van der Waals surface area contributed by atoms with Crippen molar-refractivity contribution in [2.75, 3.05) is 73.6 Å². The van der Waals surface area contributed by atoms with E-state index in [0.29, 0.717) is 63.0 Å². The number of nitrogens with zero attached hydrogens (tertiary/aromatic N) is 8. The van der Waals surface area contributed by atoms with Crippen molar-refractivity contribution in [3.63, 3.8) is 0 Å². The molecule has 0 radical (unpaired) electrons. The summed E-state index contributed by atoms with van der Waals surface area (Å²) in [5.74, 6) is -1.61. The van der Waals surface area contributed by atoms with E-state index >= 15 is 0 Å². The number of nitrogens with one attached hydrogen (secondary N) is 2. The Hall–Kier alpha value is -5.56. The Labute approximate surface area is 447 Å². The number of urea groups is 1. The standard InChI is InChI=1S/C57H78N10O7S/c1-10-66-46-19-17-38-30-41(46)42(51(66)40-15-11-24-58-49(40)37(4)73-9)32-56(5,6)35-74-54(71)43-16-13-26-67(61-43)53(70)44(31-47-59-45(38)33-75-47)60-52(69)50(36(2)3)63(8)55(72)64-27-21-57(22-28-64)23-29-65(34-57)48(68)20-18-39-14-12-25-62(39)7/h11,15,17-20,24,30,33,36-37,39,42-44,50,61H,10,12-14,16,21-23,25-29,31-32,34-35H2,1-9H3/p+1/b20-18+/t37-,39?,42?,43-,44-,50-/m0/s1. The molecule has 2 aromatic heterocycles. The van der Waals surface area contributed by atoms with Crippen molar-refractivity contribution in [1.29, 1.82) is 0 Å². The van der Waals surface area contributed by atoms with E-state index in [9.17, 15) is 24.0 Å². The average molecular weight is 1050 g/mol. The van der Waals surface area contributed by atoms with Crippen LogP contribution in [0.15, 0.2) is 54.1 Å². The summed E-state index contributed by atoms with van der Waals surface area (Å²) in [5, 5.41) is 7.21. The van der Waals surface area contributed by atoms with Crippen LogP contribution in [0, 0.1) is 16.7 Å². The highest BCUT2D eigenvalue weighted by atomic mass is 32.1. The van der Waals surface area contributed by atoms with Crippen LogP contribution in [0.2, 0.25) is 0 Å². The van der Waals surface area contributed by atoms with Gasteiger partial charge >= 0.3 is 12.0 Å². The SMILES string of the molecule is CC[N+]1=C(c2cccnc2[C@H](C)OC)C2CC(C)(C)COC(=O)[C@@H]3CCCN(N3)C(=O)[C@@H](NC(=O)[C@H](C(C)C)N(C)C(=O)N3CCC4(CCN(C(=O)/C=C/C5CCCN5C)C4)CC3)Cc3nc(cs3)-c3ccc1c2c3. The minimum atomic E-state index is -1.07. The number of rotatable bonds is 10. The normalized spacial score (nSPS) is 24.9. The van der Waals surface area contributed by atoms with Gasteiger partial charge in [0.05, 0.1) is 40.6 Å². The number of likely N-dealkylation sites (N-methyl/N-ethyl adjacent to an activating group) is 2. The van der Waals surface area contributed by atoms with Crippen LogP contribution in [0.25, 0.3) is 11.3 Å². The van der Waals surface area contributed by atoms with Crippen molar-refractivity contribution in [2.24, 2.45) is 16.7 Å². The molecule has 2 unspecified atom stereocenters. The number of aromatic nitrogens is 2.